The summed E-state index contributed by atoms with van der Waals surface area (Å²) in [6, 6.07) is 0. The van der Waals surface area contributed by atoms with Gasteiger partial charge in [-0.05, 0) is 24.6 Å². The Morgan fingerprint density at radius 1 is 1.54 bits per heavy atom. The fourth-order valence-electron chi connectivity index (χ4n) is 1.85. The van der Waals surface area contributed by atoms with E-state index in [0.717, 1.165) is 13.0 Å². The van der Waals surface area contributed by atoms with Gasteiger partial charge in [-0.1, -0.05) is 13.8 Å². The molecule has 1 atom stereocenters. The molecule has 0 spiro atoms. The van der Waals surface area contributed by atoms with Gasteiger partial charge in [-0.3, -0.25) is 0 Å². The van der Waals surface area contributed by atoms with Gasteiger partial charge in [-0.25, -0.2) is 0 Å². The van der Waals surface area contributed by atoms with Crippen molar-refractivity contribution in [2.75, 3.05) is 31.6 Å². The van der Waals surface area contributed by atoms with Crippen molar-refractivity contribution in [2.24, 2.45) is 5.41 Å². The van der Waals surface area contributed by atoms with E-state index in [9.17, 15) is 0 Å². The molecule has 1 aliphatic heterocycles. The fraction of sp³-hybridized carbons (Fsp3) is 1.00. The van der Waals surface area contributed by atoms with E-state index in [1.807, 2.05) is 11.8 Å². The van der Waals surface area contributed by atoms with Crippen LogP contribution in [0.5, 0.6) is 0 Å². The lowest BCUT2D eigenvalue weighted by atomic mass is 9.83. The van der Waals surface area contributed by atoms with Crippen molar-refractivity contribution in [1.29, 1.82) is 0 Å². The molecule has 1 nitrogen and oxygen atoms in total. The summed E-state index contributed by atoms with van der Waals surface area (Å²) >= 11 is 8.20. The van der Waals surface area contributed by atoms with Crippen molar-refractivity contribution < 1.29 is 0 Å². The van der Waals surface area contributed by atoms with Gasteiger partial charge in [0.1, 0.15) is 0 Å². The molecule has 0 N–H and O–H groups in total. The number of halogens is 1. The van der Waals surface area contributed by atoms with E-state index in [4.69, 9.17) is 11.6 Å². The van der Waals surface area contributed by atoms with E-state index < -0.39 is 0 Å². The van der Waals surface area contributed by atoms with Gasteiger partial charge < -0.3 is 4.90 Å². The van der Waals surface area contributed by atoms with Gasteiger partial charge in [-0.2, -0.15) is 11.8 Å². The number of nitrogens with zero attached hydrogens (tertiary/aromatic N) is 1. The van der Waals surface area contributed by atoms with Gasteiger partial charge in [0.05, 0.1) is 0 Å². The summed E-state index contributed by atoms with van der Waals surface area (Å²) in [6.45, 7) is 8.10. The van der Waals surface area contributed by atoms with Gasteiger partial charge in [-0.15, -0.1) is 11.6 Å². The average Bonchev–Trinajstić information content (AvgIpc) is 2.07. The zero-order chi connectivity index (χ0) is 9.90. The topological polar surface area (TPSA) is 3.24 Å². The minimum Gasteiger partial charge on any atom is -0.302 e. The Labute approximate surface area is 91.2 Å². The van der Waals surface area contributed by atoms with Crippen LogP contribution in [-0.4, -0.2) is 41.9 Å². The predicted molar refractivity (Wildman–Crippen MR) is 62.9 cm³/mol. The lowest BCUT2D eigenvalue weighted by Gasteiger charge is -2.41. The van der Waals surface area contributed by atoms with Crippen molar-refractivity contribution in [2.45, 2.75) is 25.6 Å². The highest BCUT2D eigenvalue weighted by Crippen LogP contribution is 2.33. The minimum atomic E-state index is 0.290. The number of thioether (sulfide) groups is 1. The molecule has 0 radical (unpaired) electrons. The van der Waals surface area contributed by atoms with Crippen LogP contribution >= 0.6 is 23.4 Å². The zero-order valence-electron chi connectivity index (χ0n) is 8.85. The third kappa shape index (κ3) is 3.34. The Bertz CT molecular complexity index is 159. The molecule has 1 heterocycles. The fourth-order valence-corrected chi connectivity index (χ4v) is 2.46. The standard InChI is InChI=1S/C10H20ClNS/c1-10(2)8-12(6-7-13-3)5-4-9(10)11/h9H,4-8H2,1-3H3. The quantitative estimate of drug-likeness (QED) is 0.675. The zero-order valence-corrected chi connectivity index (χ0v) is 10.4. The van der Waals surface area contributed by atoms with Crippen molar-refractivity contribution in [3.63, 3.8) is 0 Å². The summed E-state index contributed by atoms with van der Waals surface area (Å²) < 4.78 is 0. The molecule has 0 bridgehead atoms. The molecule has 1 aliphatic rings. The molecule has 1 saturated heterocycles. The molecular weight excluding hydrogens is 202 g/mol. The van der Waals surface area contributed by atoms with Crippen LogP contribution in [0, 0.1) is 5.41 Å². The lowest BCUT2D eigenvalue weighted by Crippen LogP contribution is -2.47. The van der Waals surface area contributed by atoms with E-state index in [2.05, 4.69) is 25.0 Å². The molecule has 1 rings (SSSR count). The second-order valence-electron chi connectivity index (χ2n) is 4.51. The summed E-state index contributed by atoms with van der Waals surface area (Å²) in [7, 11) is 0. The SMILES string of the molecule is CSCCN1CCC(Cl)C(C)(C)C1. The van der Waals surface area contributed by atoms with Gasteiger partial charge in [0.15, 0.2) is 0 Å². The molecule has 0 aromatic carbocycles. The molecule has 0 aromatic rings. The summed E-state index contributed by atoms with van der Waals surface area (Å²) in [4.78, 5) is 2.54. The van der Waals surface area contributed by atoms with Crippen molar-refractivity contribution in [1.82, 2.24) is 4.90 Å². The number of rotatable bonds is 3. The highest BCUT2D eigenvalue weighted by molar-refractivity contribution is 7.98. The monoisotopic (exact) mass is 221 g/mol. The smallest absolute Gasteiger partial charge is 0.0411 e. The van der Waals surface area contributed by atoms with E-state index in [1.54, 1.807) is 0 Å². The van der Waals surface area contributed by atoms with Gasteiger partial charge in [0.25, 0.3) is 0 Å². The number of piperidine rings is 1. The molecule has 0 amide bonds. The Morgan fingerprint density at radius 2 is 2.23 bits per heavy atom. The second kappa shape index (κ2) is 4.90. The first-order valence-corrected chi connectivity index (χ1v) is 6.74. The maximum atomic E-state index is 6.28. The van der Waals surface area contributed by atoms with Crippen LogP contribution in [0.3, 0.4) is 0 Å². The normalized spacial score (nSPS) is 29.1. The van der Waals surface area contributed by atoms with Crippen LogP contribution in [0.4, 0.5) is 0 Å². The summed E-state index contributed by atoms with van der Waals surface area (Å²) in [5.41, 5.74) is 0.290. The molecule has 3 heteroatoms. The van der Waals surface area contributed by atoms with Crippen LogP contribution < -0.4 is 0 Å². The molecule has 0 saturated carbocycles. The number of hydrogen-bond acceptors (Lipinski definition) is 2. The van der Waals surface area contributed by atoms with Crippen LogP contribution in [0.15, 0.2) is 0 Å². The van der Waals surface area contributed by atoms with Crippen LogP contribution in [0.25, 0.3) is 0 Å². The molecular formula is C10H20ClNS. The maximum Gasteiger partial charge on any atom is 0.0411 e. The average molecular weight is 222 g/mol. The highest BCUT2D eigenvalue weighted by Gasteiger charge is 2.33. The molecule has 13 heavy (non-hydrogen) atoms. The number of alkyl halides is 1. The van der Waals surface area contributed by atoms with Gasteiger partial charge in [0.2, 0.25) is 0 Å². The molecule has 0 aliphatic carbocycles. The Balaban J connectivity index is 2.37. The van der Waals surface area contributed by atoms with Gasteiger partial charge >= 0.3 is 0 Å². The number of likely N-dealkylation sites (tertiary alicyclic amines) is 1. The first-order chi connectivity index (χ1) is 6.06. The summed E-state index contributed by atoms with van der Waals surface area (Å²) in [6.07, 6.45) is 3.31. The van der Waals surface area contributed by atoms with Crippen LogP contribution in [0.1, 0.15) is 20.3 Å². The number of hydrogen-bond donors (Lipinski definition) is 0. The Morgan fingerprint density at radius 3 is 2.77 bits per heavy atom. The van der Waals surface area contributed by atoms with E-state index in [0.29, 0.717) is 5.38 Å². The van der Waals surface area contributed by atoms with Crippen molar-refractivity contribution in [3.8, 4) is 0 Å². The minimum absolute atomic E-state index is 0.290. The van der Waals surface area contributed by atoms with Crippen LogP contribution in [-0.2, 0) is 0 Å². The molecule has 78 valence electrons. The highest BCUT2D eigenvalue weighted by atomic mass is 35.5. The largest absolute Gasteiger partial charge is 0.302 e. The van der Waals surface area contributed by atoms with Crippen molar-refractivity contribution >= 4 is 23.4 Å². The maximum absolute atomic E-state index is 6.28. The summed E-state index contributed by atoms with van der Waals surface area (Å²) in [5.74, 6) is 1.24. The molecule has 1 unspecified atom stereocenters. The lowest BCUT2D eigenvalue weighted by molar-refractivity contribution is 0.129. The Hall–Kier alpha value is 0.600. The van der Waals surface area contributed by atoms with E-state index in [-0.39, 0.29) is 5.41 Å². The first kappa shape index (κ1) is 11.7. The first-order valence-electron chi connectivity index (χ1n) is 4.91. The third-order valence-corrected chi connectivity index (χ3v) is 4.19. The van der Waals surface area contributed by atoms with E-state index >= 15 is 0 Å². The predicted octanol–water partition coefficient (Wildman–Crippen LogP) is 2.69. The Kier molecular flexibility index (Phi) is 4.40. The molecule has 0 aromatic heterocycles. The second-order valence-corrected chi connectivity index (χ2v) is 6.03. The van der Waals surface area contributed by atoms with Gasteiger partial charge in [0, 0.05) is 24.2 Å². The van der Waals surface area contributed by atoms with E-state index in [1.165, 1.54) is 18.8 Å². The molecule has 1 fully saturated rings. The van der Waals surface area contributed by atoms with Crippen LogP contribution in [0.2, 0.25) is 0 Å². The third-order valence-electron chi connectivity index (χ3n) is 2.79. The van der Waals surface area contributed by atoms with Crippen molar-refractivity contribution in [3.05, 3.63) is 0 Å². The summed E-state index contributed by atoms with van der Waals surface area (Å²) in [5, 5.41) is 0.359.